The van der Waals surface area contributed by atoms with Crippen molar-refractivity contribution in [2.45, 2.75) is 0 Å². The SMILES string of the molecule is Nc1cccc(C(=O)c2c[nH]c3ncc(Br)cc23)c1. The number of nitrogens with two attached hydrogens (primary N) is 1. The second kappa shape index (κ2) is 4.51. The number of carbonyl (C=O) groups excluding carboxylic acids is 1. The van der Waals surface area contributed by atoms with Crippen molar-refractivity contribution in [2.75, 3.05) is 5.73 Å². The summed E-state index contributed by atoms with van der Waals surface area (Å²) >= 11 is 3.36. The zero-order chi connectivity index (χ0) is 13.4. The summed E-state index contributed by atoms with van der Waals surface area (Å²) in [6.07, 6.45) is 3.36. The lowest BCUT2D eigenvalue weighted by molar-refractivity contribution is 0.104. The highest BCUT2D eigenvalue weighted by Gasteiger charge is 2.15. The smallest absolute Gasteiger partial charge is 0.195 e. The first-order valence-corrected chi connectivity index (χ1v) is 6.47. The Kier molecular flexibility index (Phi) is 2.83. The predicted molar refractivity (Wildman–Crippen MR) is 78.1 cm³/mol. The molecule has 0 aliphatic rings. The van der Waals surface area contributed by atoms with E-state index in [0.29, 0.717) is 22.5 Å². The van der Waals surface area contributed by atoms with Gasteiger partial charge in [-0.25, -0.2) is 4.98 Å². The molecule has 0 atom stereocenters. The average Bonchev–Trinajstić information content (AvgIpc) is 2.80. The Bertz CT molecular complexity index is 779. The Labute approximate surface area is 117 Å². The third-order valence-electron chi connectivity index (χ3n) is 2.89. The average molecular weight is 316 g/mol. The molecule has 0 unspecified atom stereocenters. The molecule has 3 aromatic rings. The van der Waals surface area contributed by atoms with Crippen LogP contribution in [0.3, 0.4) is 0 Å². The molecule has 94 valence electrons. The fourth-order valence-electron chi connectivity index (χ4n) is 2.00. The molecule has 0 amide bonds. The minimum absolute atomic E-state index is 0.0709. The van der Waals surface area contributed by atoms with Crippen LogP contribution in [0.15, 0.2) is 47.2 Å². The van der Waals surface area contributed by atoms with Crippen molar-refractivity contribution in [1.82, 2.24) is 9.97 Å². The number of anilines is 1. The fraction of sp³-hybridized carbons (Fsp3) is 0. The van der Waals surface area contributed by atoms with Crippen molar-refractivity contribution in [1.29, 1.82) is 0 Å². The van der Waals surface area contributed by atoms with Crippen molar-refractivity contribution in [3.05, 3.63) is 58.3 Å². The van der Waals surface area contributed by atoms with E-state index in [1.54, 1.807) is 36.7 Å². The molecular formula is C14H10BrN3O. The zero-order valence-electron chi connectivity index (χ0n) is 9.85. The fourth-order valence-corrected chi connectivity index (χ4v) is 2.33. The van der Waals surface area contributed by atoms with Gasteiger partial charge < -0.3 is 10.7 Å². The molecule has 1 aromatic carbocycles. The maximum atomic E-state index is 12.5. The van der Waals surface area contributed by atoms with Gasteiger partial charge >= 0.3 is 0 Å². The molecule has 0 fully saturated rings. The number of aromatic nitrogens is 2. The number of hydrogen-bond acceptors (Lipinski definition) is 3. The number of nitrogens with one attached hydrogen (secondary N) is 1. The summed E-state index contributed by atoms with van der Waals surface area (Å²) in [7, 11) is 0. The number of halogens is 1. The number of H-pyrrole nitrogens is 1. The third kappa shape index (κ3) is 2.13. The number of hydrogen-bond donors (Lipinski definition) is 2. The Morgan fingerprint density at radius 1 is 1.32 bits per heavy atom. The topological polar surface area (TPSA) is 71.8 Å². The summed E-state index contributed by atoms with van der Waals surface area (Å²) in [4.78, 5) is 19.7. The molecule has 0 radical (unpaired) electrons. The molecule has 3 N–H and O–H groups in total. The Morgan fingerprint density at radius 2 is 2.16 bits per heavy atom. The minimum Gasteiger partial charge on any atom is -0.399 e. The van der Waals surface area contributed by atoms with Crippen molar-refractivity contribution in [3.63, 3.8) is 0 Å². The van der Waals surface area contributed by atoms with Gasteiger partial charge in [0.2, 0.25) is 0 Å². The maximum Gasteiger partial charge on any atom is 0.195 e. The summed E-state index contributed by atoms with van der Waals surface area (Å²) in [5, 5.41) is 0.793. The molecule has 3 rings (SSSR count). The Hall–Kier alpha value is -2.14. The van der Waals surface area contributed by atoms with Crippen LogP contribution >= 0.6 is 15.9 Å². The maximum absolute atomic E-state index is 12.5. The van der Waals surface area contributed by atoms with E-state index >= 15 is 0 Å². The summed E-state index contributed by atoms with van der Waals surface area (Å²) in [6.45, 7) is 0. The van der Waals surface area contributed by atoms with Crippen LogP contribution in [0.4, 0.5) is 5.69 Å². The van der Waals surface area contributed by atoms with Crippen molar-refractivity contribution in [3.8, 4) is 0 Å². The number of fused-ring (bicyclic) bond motifs is 1. The summed E-state index contributed by atoms with van der Waals surface area (Å²) in [5.74, 6) is -0.0709. The van der Waals surface area contributed by atoms with Crippen LogP contribution in [0.5, 0.6) is 0 Å². The lowest BCUT2D eigenvalue weighted by atomic mass is 10.0. The molecule has 19 heavy (non-hydrogen) atoms. The van der Waals surface area contributed by atoms with E-state index in [1.165, 1.54) is 0 Å². The molecule has 0 bridgehead atoms. The molecule has 5 heteroatoms. The first-order valence-electron chi connectivity index (χ1n) is 5.68. The van der Waals surface area contributed by atoms with Gasteiger partial charge in [-0.15, -0.1) is 0 Å². The highest BCUT2D eigenvalue weighted by atomic mass is 79.9. The number of aromatic amines is 1. The molecule has 2 heterocycles. The molecule has 0 spiro atoms. The van der Waals surface area contributed by atoms with Gasteiger partial charge in [0.15, 0.2) is 5.78 Å². The van der Waals surface area contributed by atoms with Crippen LogP contribution < -0.4 is 5.73 Å². The number of rotatable bonds is 2. The van der Waals surface area contributed by atoms with Crippen LogP contribution in [0.25, 0.3) is 11.0 Å². The second-order valence-corrected chi connectivity index (χ2v) is 5.12. The molecule has 0 saturated heterocycles. The highest BCUT2D eigenvalue weighted by Crippen LogP contribution is 2.23. The normalized spacial score (nSPS) is 10.8. The second-order valence-electron chi connectivity index (χ2n) is 4.21. The van der Waals surface area contributed by atoms with Gasteiger partial charge in [0.1, 0.15) is 5.65 Å². The Morgan fingerprint density at radius 3 is 2.95 bits per heavy atom. The number of pyridine rings is 1. The molecular weight excluding hydrogens is 306 g/mol. The van der Waals surface area contributed by atoms with E-state index in [9.17, 15) is 4.79 Å². The van der Waals surface area contributed by atoms with Gasteiger partial charge in [-0.05, 0) is 34.1 Å². The van der Waals surface area contributed by atoms with E-state index in [2.05, 4.69) is 25.9 Å². The van der Waals surface area contributed by atoms with Crippen LogP contribution in [0.2, 0.25) is 0 Å². The van der Waals surface area contributed by atoms with Crippen LogP contribution in [0.1, 0.15) is 15.9 Å². The van der Waals surface area contributed by atoms with Crippen molar-refractivity contribution in [2.24, 2.45) is 0 Å². The summed E-state index contributed by atoms with van der Waals surface area (Å²) in [5.41, 5.74) is 8.13. The van der Waals surface area contributed by atoms with Gasteiger partial charge in [0.05, 0.1) is 0 Å². The monoisotopic (exact) mass is 315 g/mol. The number of carbonyl (C=O) groups is 1. The first kappa shape index (κ1) is 11.9. The van der Waals surface area contributed by atoms with Gasteiger partial charge in [-0.1, -0.05) is 12.1 Å². The van der Waals surface area contributed by atoms with Gasteiger partial charge in [-0.2, -0.15) is 0 Å². The van der Waals surface area contributed by atoms with Gasteiger partial charge in [0.25, 0.3) is 0 Å². The minimum atomic E-state index is -0.0709. The van der Waals surface area contributed by atoms with E-state index in [1.807, 2.05) is 6.07 Å². The number of ketones is 1. The quantitative estimate of drug-likeness (QED) is 0.563. The molecule has 0 aliphatic heterocycles. The zero-order valence-corrected chi connectivity index (χ0v) is 11.4. The number of nitrogens with zero attached hydrogens (tertiary/aromatic N) is 1. The first-order chi connectivity index (χ1) is 9.15. The third-order valence-corrected chi connectivity index (χ3v) is 3.32. The lowest BCUT2D eigenvalue weighted by Crippen LogP contribution is -2.01. The Balaban J connectivity index is 2.14. The van der Waals surface area contributed by atoms with E-state index < -0.39 is 0 Å². The molecule has 0 saturated carbocycles. The van der Waals surface area contributed by atoms with Gasteiger partial charge in [0, 0.05) is 39.1 Å². The highest BCUT2D eigenvalue weighted by molar-refractivity contribution is 9.10. The predicted octanol–water partition coefficient (Wildman–Crippen LogP) is 3.14. The van der Waals surface area contributed by atoms with Crippen LogP contribution in [-0.2, 0) is 0 Å². The van der Waals surface area contributed by atoms with E-state index in [4.69, 9.17) is 5.73 Å². The van der Waals surface area contributed by atoms with Crippen LogP contribution in [-0.4, -0.2) is 15.8 Å². The van der Waals surface area contributed by atoms with E-state index in [0.717, 1.165) is 9.86 Å². The van der Waals surface area contributed by atoms with E-state index in [-0.39, 0.29) is 5.78 Å². The largest absolute Gasteiger partial charge is 0.399 e. The van der Waals surface area contributed by atoms with Crippen molar-refractivity contribution >= 4 is 38.4 Å². The summed E-state index contributed by atoms with van der Waals surface area (Å²) < 4.78 is 0.834. The lowest BCUT2D eigenvalue weighted by Gasteiger charge is -2.01. The molecule has 4 nitrogen and oxygen atoms in total. The molecule has 0 aliphatic carbocycles. The van der Waals surface area contributed by atoms with Crippen LogP contribution in [0, 0.1) is 0 Å². The standard InChI is InChI=1S/C14H10BrN3O/c15-9-5-11-12(7-18-14(11)17-6-9)13(19)8-2-1-3-10(16)4-8/h1-7H,16H2,(H,17,18). The molecule has 2 aromatic heterocycles. The summed E-state index contributed by atoms with van der Waals surface area (Å²) in [6, 6.07) is 8.82. The number of benzene rings is 1. The number of nitrogen functional groups attached to an aromatic ring is 1. The van der Waals surface area contributed by atoms with Gasteiger partial charge in [-0.3, -0.25) is 4.79 Å². The van der Waals surface area contributed by atoms with Crippen molar-refractivity contribution < 1.29 is 4.79 Å².